The van der Waals surface area contributed by atoms with Crippen LogP contribution in [0.1, 0.15) is 25.0 Å². The maximum atomic E-state index is 12.7. The number of sulfone groups is 1. The summed E-state index contributed by atoms with van der Waals surface area (Å²) in [5, 5.41) is 3.05. The molecule has 0 aromatic carbocycles. The van der Waals surface area contributed by atoms with Gasteiger partial charge in [-0.15, -0.1) is 0 Å². The molecule has 0 aliphatic carbocycles. The van der Waals surface area contributed by atoms with Crippen molar-refractivity contribution in [3.8, 4) is 0 Å². The fourth-order valence-corrected chi connectivity index (χ4v) is 5.29. The van der Waals surface area contributed by atoms with Gasteiger partial charge in [-0.05, 0) is 25.2 Å². The minimum absolute atomic E-state index is 0.0551. The number of piperidine rings is 1. The molecular weight excluding hydrogens is 357 g/mol. The van der Waals surface area contributed by atoms with Gasteiger partial charge in [-0.25, -0.2) is 18.4 Å². The maximum Gasteiger partial charge on any atom is 0.433 e. The third-order valence-electron chi connectivity index (χ3n) is 4.74. The molecule has 2 saturated heterocycles. The van der Waals surface area contributed by atoms with Crippen molar-refractivity contribution in [2.75, 3.05) is 36.5 Å². The second-order valence-electron chi connectivity index (χ2n) is 6.77. The Balaban J connectivity index is 1.48. The highest BCUT2D eigenvalue weighted by atomic mass is 32.2. The number of hydrogen-bond donors (Lipinski definition) is 1. The van der Waals surface area contributed by atoms with Crippen molar-refractivity contribution in [2.24, 2.45) is 5.92 Å². The van der Waals surface area contributed by atoms with E-state index < -0.39 is 21.7 Å². The third kappa shape index (κ3) is 5.04. The molecule has 1 atom stereocenters. The van der Waals surface area contributed by atoms with Crippen molar-refractivity contribution in [1.29, 1.82) is 0 Å². The Morgan fingerprint density at radius 1 is 1.20 bits per heavy atom. The lowest BCUT2D eigenvalue weighted by atomic mass is 10.0. The van der Waals surface area contributed by atoms with E-state index in [-0.39, 0.29) is 29.3 Å². The number of aromatic nitrogens is 2. The summed E-state index contributed by atoms with van der Waals surface area (Å²) in [5.74, 6) is 0.936. The van der Waals surface area contributed by atoms with Crippen LogP contribution in [0, 0.1) is 5.92 Å². The predicted molar refractivity (Wildman–Crippen MR) is 86.9 cm³/mol. The average Bonchev–Trinajstić information content (AvgIpc) is 2.87. The zero-order chi connectivity index (χ0) is 18.1. The van der Waals surface area contributed by atoms with Crippen LogP contribution in [0.25, 0.3) is 0 Å². The number of alkyl halides is 3. The lowest BCUT2D eigenvalue weighted by Crippen LogP contribution is -2.41. The topological polar surface area (TPSA) is 75.2 Å². The van der Waals surface area contributed by atoms with Gasteiger partial charge in [0.25, 0.3) is 0 Å². The Morgan fingerprint density at radius 3 is 2.52 bits per heavy atom. The fraction of sp³-hybridized carbons (Fsp3) is 0.733. The second-order valence-corrected chi connectivity index (χ2v) is 9.00. The minimum atomic E-state index is -4.48. The number of nitrogens with zero attached hydrogens (tertiary/aromatic N) is 3. The van der Waals surface area contributed by atoms with E-state index in [9.17, 15) is 21.6 Å². The van der Waals surface area contributed by atoms with Crippen molar-refractivity contribution in [3.05, 3.63) is 18.1 Å². The first-order valence-corrected chi connectivity index (χ1v) is 10.1. The third-order valence-corrected chi connectivity index (χ3v) is 6.58. The summed E-state index contributed by atoms with van der Waals surface area (Å²) >= 11 is 0. The molecule has 10 heteroatoms. The van der Waals surface area contributed by atoms with Crippen LogP contribution in [0.3, 0.4) is 0 Å². The summed E-state index contributed by atoms with van der Waals surface area (Å²) < 4.78 is 61.1. The van der Waals surface area contributed by atoms with Gasteiger partial charge in [-0.1, -0.05) is 0 Å². The average molecular weight is 378 g/mol. The van der Waals surface area contributed by atoms with E-state index in [1.54, 1.807) is 0 Å². The van der Waals surface area contributed by atoms with E-state index in [1.165, 1.54) is 0 Å². The summed E-state index contributed by atoms with van der Waals surface area (Å²) in [5.41, 5.74) is -0.954. The van der Waals surface area contributed by atoms with Crippen LogP contribution >= 0.6 is 0 Å². The van der Waals surface area contributed by atoms with Crippen LogP contribution in [-0.2, 0) is 16.0 Å². The van der Waals surface area contributed by atoms with Crippen molar-refractivity contribution in [2.45, 2.75) is 31.5 Å². The van der Waals surface area contributed by atoms with Gasteiger partial charge in [0.05, 0.1) is 11.5 Å². The summed E-state index contributed by atoms with van der Waals surface area (Å²) in [6, 6.07) is 0.981. The fourth-order valence-electron chi connectivity index (χ4n) is 3.44. The van der Waals surface area contributed by atoms with Crippen molar-refractivity contribution in [3.63, 3.8) is 0 Å². The first-order chi connectivity index (χ1) is 11.7. The van der Waals surface area contributed by atoms with Crippen LogP contribution < -0.4 is 5.32 Å². The SMILES string of the molecule is O=S1(=O)CCC(CN2CCC(Nc3cc(C(F)(F)F)ncn3)CC2)C1. The number of hydrogen-bond acceptors (Lipinski definition) is 6. The molecule has 2 aliphatic rings. The molecule has 1 aromatic heterocycles. The first kappa shape index (κ1) is 18.4. The molecule has 3 heterocycles. The molecule has 0 amide bonds. The molecule has 0 bridgehead atoms. The Kier molecular flexibility index (Phi) is 5.19. The minimum Gasteiger partial charge on any atom is -0.367 e. The molecule has 1 N–H and O–H groups in total. The molecule has 2 aliphatic heterocycles. The standard InChI is InChI=1S/C15H21F3N4O2S/c16-15(17,18)13-7-14(20-10-19-13)21-12-1-4-22(5-2-12)8-11-3-6-25(23,24)9-11/h7,10-12H,1-6,8-9H2,(H,19,20,21). The molecule has 3 rings (SSSR count). The largest absolute Gasteiger partial charge is 0.433 e. The van der Waals surface area contributed by atoms with Gasteiger partial charge in [0, 0.05) is 31.7 Å². The Hall–Kier alpha value is -1.42. The molecule has 1 aromatic rings. The van der Waals surface area contributed by atoms with Crippen molar-refractivity contribution >= 4 is 15.7 Å². The van der Waals surface area contributed by atoms with E-state index in [0.29, 0.717) is 0 Å². The Morgan fingerprint density at radius 2 is 1.92 bits per heavy atom. The van der Waals surface area contributed by atoms with Crippen LogP contribution in [-0.4, -0.2) is 60.5 Å². The molecule has 25 heavy (non-hydrogen) atoms. The van der Waals surface area contributed by atoms with Crippen LogP contribution in [0.5, 0.6) is 0 Å². The van der Waals surface area contributed by atoms with Crippen LogP contribution in [0.15, 0.2) is 12.4 Å². The maximum absolute atomic E-state index is 12.7. The summed E-state index contributed by atoms with van der Waals surface area (Å²) in [4.78, 5) is 9.35. The molecule has 0 saturated carbocycles. The van der Waals surface area contributed by atoms with Gasteiger partial charge in [0.2, 0.25) is 0 Å². The number of anilines is 1. The summed E-state index contributed by atoms with van der Waals surface area (Å²) in [6.07, 6.45) is -1.28. The number of rotatable bonds is 4. The summed E-state index contributed by atoms with van der Waals surface area (Å²) in [7, 11) is -2.86. The van der Waals surface area contributed by atoms with Gasteiger partial charge in [-0.3, -0.25) is 0 Å². The smallest absolute Gasteiger partial charge is 0.367 e. The van der Waals surface area contributed by atoms with Crippen LogP contribution in [0.2, 0.25) is 0 Å². The highest BCUT2D eigenvalue weighted by Crippen LogP contribution is 2.28. The molecule has 0 spiro atoms. The van der Waals surface area contributed by atoms with Gasteiger partial charge < -0.3 is 10.2 Å². The molecule has 2 fully saturated rings. The Bertz CT molecular complexity index is 703. The van der Waals surface area contributed by atoms with Gasteiger partial charge in [0.1, 0.15) is 17.8 Å². The highest BCUT2D eigenvalue weighted by molar-refractivity contribution is 7.91. The van der Waals surface area contributed by atoms with Gasteiger partial charge in [0.15, 0.2) is 9.84 Å². The number of nitrogens with one attached hydrogen (secondary N) is 1. The predicted octanol–water partition coefficient (Wildman–Crippen LogP) is 1.81. The van der Waals surface area contributed by atoms with Gasteiger partial charge >= 0.3 is 6.18 Å². The normalized spacial score (nSPS) is 25.2. The quantitative estimate of drug-likeness (QED) is 0.861. The lowest BCUT2D eigenvalue weighted by Gasteiger charge is -2.33. The molecule has 140 valence electrons. The highest BCUT2D eigenvalue weighted by Gasteiger charge is 2.33. The molecule has 1 unspecified atom stereocenters. The Labute approximate surface area is 144 Å². The summed E-state index contributed by atoms with van der Waals surface area (Å²) in [6.45, 7) is 2.37. The van der Waals surface area contributed by atoms with Crippen molar-refractivity contribution < 1.29 is 21.6 Å². The van der Waals surface area contributed by atoms with Crippen molar-refractivity contribution in [1.82, 2.24) is 14.9 Å². The monoisotopic (exact) mass is 378 g/mol. The van der Waals surface area contributed by atoms with Crippen LogP contribution in [0.4, 0.5) is 19.0 Å². The molecular formula is C15H21F3N4O2S. The van der Waals surface area contributed by atoms with E-state index in [4.69, 9.17) is 0 Å². The van der Waals surface area contributed by atoms with Gasteiger partial charge in [-0.2, -0.15) is 13.2 Å². The second kappa shape index (κ2) is 7.06. The lowest BCUT2D eigenvalue weighted by molar-refractivity contribution is -0.141. The first-order valence-electron chi connectivity index (χ1n) is 8.30. The van der Waals surface area contributed by atoms with E-state index in [2.05, 4.69) is 20.2 Å². The number of halogens is 3. The number of likely N-dealkylation sites (tertiary alicyclic amines) is 1. The zero-order valence-corrected chi connectivity index (χ0v) is 14.5. The molecule has 6 nitrogen and oxygen atoms in total. The molecule has 0 radical (unpaired) electrons. The van der Waals surface area contributed by atoms with E-state index >= 15 is 0 Å². The van der Waals surface area contributed by atoms with E-state index in [1.807, 2.05) is 0 Å². The van der Waals surface area contributed by atoms with E-state index in [0.717, 1.165) is 51.3 Å². The zero-order valence-electron chi connectivity index (χ0n) is 13.7.